The Labute approximate surface area is 144 Å². The Hall–Kier alpha value is -1.78. The lowest BCUT2D eigenvalue weighted by molar-refractivity contribution is 0.0813. The van der Waals surface area contributed by atoms with Crippen molar-refractivity contribution in [3.05, 3.63) is 50.8 Å². The van der Waals surface area contributed by atoms with E-state index in [0.717, 1.165) is 0 Å². The average Bonchev–Trinajstić information content (AvgIpc) is 2.77. The monoisotopic (exact) mass is 353 g/mol. The molecule has 0 saturated heterocycles. The summed E-state index contributed by atoms with van der Waals surface area (Å²) in [6.45, 7) is 6.61. The molecule has 2 rings (SSSR count). The first-order valence-corrected chi connectivity index (χ1v) is 7.84. The molecule has 0 aliphatic rings. The zero-order chi connectivity index (χ0) is 17.3. The van der Waals surface area contributed by atoms with Gasteiger partial charge >= 0.3 is 0 Å². The first kappa shape index (κ1) is 17.6. The first-order valence-electron chi connectivity index (χ1n) is 7.08. The van der Waals surface area contributed by atoms with E-state index in [1.54, 1.807) is 39.0 Å². The molecule has 1 aromatic heterocycles. The van der Waals surface area contributed by atoms with Crippen LogP contribution in [0.15, 0.2) is 18.2 Å². The predicted molar refractivity (Wildman–Crippen MR) is 91.2 cm³/mol. The van der Waals surface area contributed by atoms with Crippen LogP contribution in [0.1, 0.15) is 46.0 Å². The molecule has 0 amide bonds. The Morgan fingerprint density at radius 3 is 2.43 bits per heavy atom. The molecule has 23 heavy (non-hydrogen) atoms. The van der Waals surface area contributed by atoms with Crippen molar-refractivity contribution in [1.82, 2.24) is 4.98 Å². The molecule has 0 bridgehead atoms. The van der Waals surface area contributed by atoms with Crippen LogP contribution in [-0.2, 0) is 0 Å². The van der Waals surface area contributed by atoms with Gasteiger partial charge in [-0.15, -0.1) is 0 Å². The number of ether oxygens (including phenoxy) is 1. The van der Waals surface area contributed by atoms with E-state index in [9.17, 15) is 9.59 Å². The zero-order valence-electron chi connectivity index (χ0n) is 13.3. The predicted octanol–water partition coefficient (Wildman–Crippen LogP) is 4.79. The summed E-state index contributed by atoms with van der Waals surface area (Å²) in [5.74, 6) is 0.00337. The van der Waals surface area contributed by atoms with Gasteiger partial charge in [0.2, 0.25) is 5.78 Å². The highest BCUT2D eigenvalue weighted by Gasteiger charge is 2.25. The molecular formula is C17H17Cl2NO3. The molecule has 4 nitrogen and oxygen atoms in total. The van der Waals surface area contributed by atoms with Gasteiger partial charge in [0.25, 0.3) is 0 Å². The minimum absolute atomic E-state index is 0.0817. The molecular weight excluding hydrogens is 337 g/mol. The van der Waals surface area contributed by atoms with Gasteiger partial charge in [0.1, 0.15) is 5.75 Å². The lowest BCUT2D eigenvalue weighted by Gasteiger charge is -2.15. The summed E-state index contributed by atoms with van der Waals surface area (Å²) >= 11 is 12.0. The molecule has 0 fully saturated rings. The summed E-state index contributed by atoms with van der Waals surface area (Å²) in [6.07, 6.45) is -0.775. The second kappa shape index (κ2) is 6.77. The van der Waals surface area contributed by atoms with Crippen molar-refractivity contribution >= 4 is 34.8 Å². The third kappa shape index (κ3) is 3.59. The molecule has 1 atom stereocenters. The van der Waals surface area contributed by atoms with Crippen molar-refractivity contribution in [3.63, 3.8) is 0 Å². The van der Waals surface area contributed by atoms with Gasteiger partial charge in [0, 0.05) is 22.3 Å². The third-order valence-corrected chi connectivity index (χ3v) is 4.15. The maximum Gasteiger partial charge on any atom is 0.219 e. The van der Waals surface area contributed by atoms with E-state index < -0.39 is 6.10 Å². The number of benzene rings is 1. The normalized spacial score (nSPS) is 12.1. The summed E-state index contributed by atoms with van der Waals surface area (Å²) in [4.78, 5) is 27.3. The van der Waals surface area contributed by atoms with Crippen molar-refractivity contribution in [2.24, 2.45) is 0 Å². The smallest absolute Gasteiger partial charge is 0.219 e. The van der Waals surface area contributed by atoms with Gasteiger partial charge in [-0.25, -0.2) is 0 Å². The molecule has 1 heterocycles. The molecule has 1 aromatic carbocycles. The quantitative estimate of drug-likeness (QED) is 0.786. The van der Waals surface area contributed by atoms with Gasteiger partial charge < -0.3 is 9.72 Å². The second-order valence-electron chi connectivity index (χ2n) is 5.38. The van der Waals surface area contributed by atoms with Crippen molar-refractivity contribution in [2.75, 3.05) is 0 Å². The van der Waals surface area contributed by atoms with Gasteiger partial charge in [0.05, 0.1) is 10.7 Å². The number of Topliss-reactive ketones (excluding diaryl/α,β-unsaturated/α-hetero) is 2. The molecule has 0 aliphatic heterocycles. The average molecular weight is 354 g/mol. The van der Waals surface area contributed by atoms with Crippen LogP contribution in [0.3, 0.4) is 0 Å². The topological polar surface area (TPSA) is 59.2 Å². The fourth-order valence-corrected chi connectivity index (χ4v) is 2.86. The minimum atomic E-state index is -0.775. The maximum atomic E-state index is 12.6. The third-order valence-electron chi connectivity index (χ3n) is 3.60. The van der Waals surface area contributed by atoms with Crippen LogP contribution in [0.4, 0.5) is 0 Å². The van der Waals surface area contributed by atoms with Crippen LogP contribution < -0.4 is 4.74 Å². The summed E-state index contributed by atoms with van der Waals surface area (Å²) < 4.78 is 5.64. The van der Waals surface area contributed by atoms with E-state index in [4.69, 9.17) is 27.9 Å². The van der Waals surface area contributed by atoms with Crippen LogP contribution >= 0.6 is 23.2 Å². The summed E-state index contributed by atoms with van der Waals surface area (Å²) in [7, 11) is 0. The van der Waals surface area contributed by atoms with E-state index in [1.807, 2.05) is 0 Å². The molecule has 2 aromatic rings. The molecule has 0 unspecified atom stereocenters. The van der Waals surface area contributed by atoms with Crippen molar-refractivity contribution in [3.8, 4) is 5.75 Å². The Morgan fingerprint density at radius 2 is 1.87 bits per heavy atom. The number of halogens is 2. The molecule has 0 radical (unpaired) electrons. The number of carbonyl (C=O) groups excluding carboxylic acids is 2. The van der Waals surface area contributed by atoms with Gasteiger partial charge in [-0.1, -0.05) is 23.2 Å². The Kier molecular flexibility index (Phi) is 5.17. The number of H-pyrrole nitrogens is 1. The lowest BCUT2D eigenvalue weighted by atomic mass is 10.0. The van der Waals surface area contributed by atoms with Crippen LogP contribution in [0.5, 0.6) is 5.75 Å². The van der Waals surface area contributed by atoms with Crippen LogP contribution in [0, 0.1) is 13.8 Å². The second-order valence-corrected chi connectivity index (χ2v) is 6.22. The van der Waals surface area contributed by atoms with Crippen LogP contribution in [0.2, 0.25) is 10.0 Å². The van der Waals surface area contributed by atoms with Crippen molar-refractivity contribution < 1.29 is 14.3 Å². The zero-order valence-corrected chi connectivity index (χ0v) is 14.8. The lowest BCUT2D eigenvalue weighted by Crippen LogP contribution is -2.25. The SMILES string of the molecule is CC(=O)c1c(C)[nH]c(C(=O)[C@H](C)Oc2cc(Cl)ccc2Cl)c1C. The van der Waals surface area contributed by atoms with Gasteiger partial charge in [-0.2, -0.15) is 0 Å². The number of nitrogens with one attached hydrogen (secondary N) is 1. The number of carbonyl (C=O) groups is 2. The van der Waals surface area contributed by atoms with Crippen LogP contribution in [0.25, 0.3) is 0 Å². The molecule has 0 saturated carbocycles. The van der Waals surface area contributed by atoms with E-state index in [0.29, 0.717) is 38.3 Å². The fraction of sp³-hybridized carbons (Fsp3) is 0.294. The summed E-state index contributed by atoms with van der Waals surface area (Å²) in [5.41, 5.74) is 2.22. The minimum Gasteiger partial charge on any atom is -0.481 e. The fourth-order valence-electron chi connectivity index (χ4n) is 2.54. The van der Waals surface area contributed by atoms with E-state index in [2.05, 4.69) is 4.98 Å². The van der Waals surface area contributed by atoms with Gasteiger partial charge in [-0.05, 0) is 45.4 Å². The number of aryl methyl sites for hydroxylation is 1. The Bertz CT molecular complexity index is 780. The largest absolute Gasteiger partial charge is 0.481 e. The van der Waals surface area contributed by atoms with E-state index in [1.165, 1.54) is 6.92 Å². The molecule has 6 heteroatoms. The maximum absolute atomic E-state index is 12.6. The van der Waals surface area contributed by atoms with E-state index >= 15 is 0 Å². The highest BCUT2D eigenvalue weighted by molar-refractivity contribution is 6.34. The van der Waals surface area contributed by atoms with Crippen LogP contribution in [-0.4, -0.2) is 22.7 Å². The Balaban J connectivity index is 2.28. The number of hydrogen-bond donors (Lipinski definition) is 1. The van der Waals surface area contributed by atoms with Gasteiger partial charge in [0.15, 0.2) is 11.9 Å². The molecule has 0 spiro atoms. The highest BCUT2D eigenvalue weighted by Crippen LogP contribution is 2.29. The number of hydrogen-bond acceptors (Lipinski definition) is 3. The number of aromatic nitrogens is 1. The Morgan fingerprint density at radius 1 is 1.22 bits per heavy atom. The summed E-state index contributed by atoms with van der Waals surface area (Å²) in [6, 6.07) is 4.80. The number of rotatable bonds is 5. The summed E-state index contributed by atoms with van der Waals surface area (Å²) in [5, 5.41) is 0.840. The number of aromatic amines is 1. The van der Waals surface area contributed by atoms with Gasteiger partial charge in [-0.3, -0.25) is 9.59 Å². The number of ketones is 2. The standard InChI is InChI=1S/C17H17Cl2NO3/c1-8-15(10(3)21)9(2)20-16(8)17(22)11(4)23-14-7-12(18)5-6-13(14)19/h5-7,11,20H,1-4H3/t11-/m0/s1. The molecule has 122 valence electrons. The highest BCUT2D eigenvalue weighted by atomic mass is 35.5. The van der Waals surface area contributed by atoms with Crippen molar-refractivity contribution in [2.45, 2.75) is 33.8 Å². The molecule has 0 aliphatic carbocycles. The first-order chi connectivity index (χ1) is 10.7. The van der Waals surface area contributed by atoms with E-state index in [-0.39, 0.29) is 11.6 Å². The van der Waals surface area contributed by atoms with Crippen molar-refractivity contribution in [1.29, 1.82) is 0 Å². The molecule has 1 N–H and O–H groups in total.